The summed E-state index contributed by atoms with van der Waals surface area (Å²) < 4.78 is 43.1. The second-order valence-electron chi connectivity index (χ2n) is 7.28. The summed E-state index contributed by atoms with van der Waals surface area (Å²) in [7, 11) is 0. The van der Waals surface area contributed by atoms with Crippen LogP contribution < -0.4 is 5.32 Å². The van der Waals surface area contributed by atoms with Gasteiger partial charge in [-0.1, -0.05) is 18.2 Å². The van der Waals surface area contributed by atoms with Crippen LogP contribution in [-0.2, 0) is 6.18 Å². The van der Waals surface area contributed by atoms with Crippen molar-refractivity contribution in [2.24, 2.45) is 0 Å². The molecular formula is C23H13F3N8O. The average molecular weight is 474 g/mol. The van der Waals surface area contributed by atoms with Crippen LogP contribution in [0.5, 0.6) is 0 Å². The van der Waals surface area contributed by atoms with Gasteiger partial charge in [0, 0.05) is 17.3 Å². The van der Waals surface area contributed by atoms with E-state index >= 15 is 0 Å². The standard InChI is InChI=1S/C23H13F3N8O/c24-23(25,26)21-17(13-31-33(21)20-7-8-28-18-4-2-1-3-16(18)20)22(35)32-15-5-6-19(14(11-15)12-27)34-29-9-10-30-34/h1-11,13H,(H,32,35). The number of hydrogen-bond donors (Lipinski definition) is 1. The van der Waals surface area contributed by atoms with Crippen molar-refractivity contribution in [1.82, 2.24) is 29.8 Å². The number of carbonyl (C=O) groups excluding carboxylic acids is 1. The van der Waals surface area contributed by atoms with Gasteiger partial charge in [0.15, 0.2) is 5.69 Å². The van der Waals surface area contributed by atoms with E-state index in [1.807, 2.05) is 6.07 Å². The van der Waals surface area contributed by atoms with Crippen LogP contribution >= 0.6 is 0 Å². The third-order valence-corrected chi connectivity index (χ3v) is 5.15. The van der Waals surface area contributed by atoms with E-state index in [1.165, 1.54) is 47.7 Å². The first-order valence-electron chi connectivity index (χ1n) is 10.1. The van der Waals surface area contributed by atoms with Gasteiger partial charge in [-0.05, 0) is 30.3 Å². The molecule has 3 heterocycles. The van der Waals surface area contributed by atoms with E-state index in [1.54, 1.807) is 24.3 Å². The molecule has 5 rings (SSSR count). The SMILES string of the molecule is N#Cc1cc(NC(=O)c2cnn(-c3ccnc4ccccc34)c2C(F)(F)F)ccc1-n1nccn1. The van der Waals surface area contributed by atoms with Gasteiger partial charge in [-0.15, -0.1) is 0 Å². The molecule has 3 aromatic heterocycles. The molecule has 0 saturated heterocycles. The monoisotopic (exact) mass is 474 g/mol. The summed E-state index contributed by atoms with van der Waals surface area (Å²) in [6.07, 6.45) is 0.207. The van der Waals surface area contributed by atoms with Crippen LogP contribution in [0.2, 0.25) is 0 Å². The van der Waals surface area contributed by atoms with Crippen molar-refractivity contribution in [2.75, 3.05) is 5.32 Å². The van der Waals surface area contributed by atoms with Gasteiger partial charge in [0.25, 0.3) is 5.91 Å². The predicted molar refractivity (Wildman–Crippen MR) is 118 cm³/mol. The highest BCUT2D eigenvalue weighted by atomic mass is 19.4. The number of aromatic nitrogens is 6. The number of halogens is 3. The Bertz CT molecular complexity index is 1590. The van der Waals surface area contributed by atoms with E-state index in [4.69, 9.17) is 0 Å². The Balaban J connectivity index is 1.54. The molecule has 2 aromatic carbocycles. The van der Waals surface area contributed by atoms with E-state index in [0.717, 1.165) is 6.20 Å². The summed E-state index contributed by atoms with van der Waals surface area (Å²) in [4.78, 5) is 18.3. The van der Waals surface area contributed by atoms with Crippen molar-refractivity contribution in [3.8, 4) is 17.4 Å². The molecule has 0 aliphatic carbocycles. The number of alkyl halides is 3. The highest BCUT2D eigenvalue weighted by molar-refractivity contribution is 6.05. The second-order valence-corrected chi connectivity index (χ2v) is 7.28. The lowest BCUT2D eigenvalue weighted by atomic mass is 10.1. The minimum atomic E-state index is -4.89. The molecule has 5 aromatic rings. The number of nitriles is 1. The Morgan fingerprint density at radius 1 is 0.971 bits per heavy atom. The van der Waals surface area contributed by atoms with Crippen LogP contribution in [0.15, 0.2) is 73.3 Å². The molecule has 0 aliphatic rings. The zero-order valence-electron chi connectivity index (χ0n) is 17.6. The summed E-state index contributed by atoms with van der Waals surface area (Å²) in [5.74, 6) is -1.03. The van der Waals surface area contributed by atoms with Crippen molar-refractivity contribution >= 4 is 22.5 Å². The number of amides is 1. The van der Waals surface area contributed by atoms with Crippen LogP contribution in [0.4, 0.5) is 18.9 Å². The lowest BCUT2D eigenvalue weighted by molar-refractivity contribution is -0.143. The number of para-hydroxylation sites is 1. The molecule has 0 radical (unpaired) electrons. The molecule has 1 amide bonds. The van der Waals surface area contributed by atoms with Gasteiger partial charge in [0.1, 0.15) is 11.8 Å². The number of nitrogens with one attached hydrogen (secondary N) is 1. The Morgan fingerprint density at radius 3 is 2.49 bits per heavy atom. The van der Waals surface area contributed by atoms with Crippen LogP contribution in [0.1, 0.15) is 21.6 Å². The van der Waals surface area contributed by atoms with Gasteiger partial charge in [0.05, 0.1) is 40.9 Å². The Kier molecular flexibility index (Phi) is 5.21. The van der Waals surface area contributed by atoms with Gasteiger partial charge in [0.2, 0.25) is 0 Å². The molecule has 0 bridgehead atoms. The first-order valence-corrected chi connectivity index (χ1v) is 10.1. The molecule has 0 spiro atoms. The van der Waals surface area contributed by atoms with Gasteiger partial charge < -0.3 is 5.32 Å². The fourth-order valence-electron chi connectivity index (χ4n) is 3.65. The van der Waals surface area contributed by atoms with Crippen molar-refractivity contribution in [3.63, 3.8) is 0 Å². The molecule has 0 unspecified atom stereocenters. The highest BCUT2D eigenvalue weighted by Gasteiger charge is 2.41. The minimum absolute atomic E-state index is 0.119. The van der Waals surface area contributed by atoms with Crippen molar-refractivity contribution in [1.29, 1.82) is 5.26 Å². The number of pyridine rings is 1. The van der Waals surface area contributed by atoms with Crippen molar-refractivity contribution in [3.05, 3.63) is 90.1 Å². The fourth-order valence-corrected chi connectivity index (χ4v) is 3.65. The predicted octanol–water partition coefficient (Wildman–Crippen LogP) is 4.14. The molecule has 0 saturated carbocycles. The van der Waals surface area contributed by atoms with Crippen LogP contribution in [0, 0.1) is 11.3 Å². The first-order chi connectivity index (χ1) is 16.9. The zero-order valence-corrected chi connectivity index (χ0v) is 17.6. The molecule has 172 valence electrons. The molecule has 0 aliphatic heterocycles. The number of nitrogens with zero attached hydrogens (tertiary/aromatic N) is 7. The lowest BCUT2D eigenvalue weighted by Gasteiger charge is -2.14. The summed E-state index contributed by atoms with van der Waals surface area (Å²) in [5, 5.41) is 24.1. The number of carbonyl (C=O) groups is 1. The molecule has 0 fully saturated rings. The zero-order chi connectivity index (χ0) is 24.6. The number of anilines is 1. The average Bonchev–Trinajstić information content (AvgIpc) is 3.54. The van der Waals surface area contributed by atoms with Gasteiger partial charge in [-0.25, -0.2) is 4.68 Å². The second kappa shape index (κ2) is 8.38. The van der Waals surface area contributed by atoms with Crippen LogP contribution in [0.3, 0.4) is 0 Å². The first kappa shape index (κ1) is 21.8. The minimum Gasteiger partial charge on any atom is -0.322 e. The maximum absolute atomic E-state index is 14.1. The topological polar surface area (TPSA) is 114 Å². The van der Waals surface area contributed by atoms with Crippen LogP contribution in [0.25, 0.3) is 22.3 Å². The lowest BCUT2D eigenvalue weighted by Crippen LogP contribution is -2.21. The summed E-state index contributed by atoms with van der Waals surface area (Å²) >= 11 is 0. The number of hydrogen-bond acceptors (Lipinski definition) is 6. The normalized spacial score (nSPS) is 11.4. The fraction of sp³-hybridized carbons (Fsp3) is 0.0435. The summed E-state index contributed by atoms with van der Waals surface area (Å²) in [5.41, 5.74) is -0.699. The van der Waals surface area contributed by atoms with E-state index in [0.29, 0.717) is 21.3 Å². The number of fused-ring (bicyclic) bond motifs is 1. The highest BCUT2D eigenvalue weighted by Crippen LogP contribution is 2.35. The quantitative estimate of drug-likeness (QED) is 0.419. The molecule has 12 heteroatoms. The van der Waals surface area contributed by atoms with E-state index < -0.39 is 23.3 Å². The Morgan fingerprint density at radius 2 is 1.74 bits per heavy atom. The van der Waals surface area contributed by atoms with Gasteiger partial charge in [-0.2, -0.15) is 38.5 Å². The molecule has 1 N–H and O–H groups in total. The van der Waals surface area contributed by atoms with Crippen molar-refractivity contribution in [2.45, 2.75) is 6.18 Å². The van der Waals surface area contributed by atoms with E-state index in [-0.39, 0.29) is 16.9 Å². The third-order valence-electron chi connectivity index (χ3n) is 5.15. The Labute approximate surface area is 195 Å². The maximum atomic E-state index is 14.1. The maximum Gasteiger partial charge on any atom is 0.434 e. The molecule has 0 atom stereocenters. The summed E-state index contributed by atoms with van der Waals surface area (Å²) in [6.45, 7) is 0. The molecule has 9 nitrogen and oxygen atoms in total. The largest absolute Gasteiger partial charge is 0.434 e. The summed E-state index contributed by atoms with van der Waals surface area (Å²) in [6, 6.07) is 14.3. The van der Waals surface area contributed by atoms with Crippen LogP contribution in [-0.4, -0.2) is 35.7 Å². The van der Waals surface area contributed by atoms with E-state index in [2.05, 4.69) is 25.6 Å². The van der Waals surface area contributed by atoms with Crippen molar-refractivity contribution < 1.29 is 18.0 Å². The van der Waals surface area contributed by atoms with Gasteiger partial charge >= 0.3 is 6.18 Å². The van der Waals surface area contributed by atoms with E-state index in [9.17, 15) is 23.2 Å². The third kappa shape index (κ3) is 3.95. The van der Waals surface area contributed by atoms with Gasteiger partial charge in [-0.3, -0.25) is 9.78 Å². The number of rotatable bonds is 4. The smallest absolute Gasteiger partial charge is 0.322 e. The Hall–Kier alpha value is -5.05. The molecular weight excluding hydrogens is 461 g/mol. The molecule has 35 heavy (non-hydrogen) atoms. The number of benzene rings is 2.